The number of rotatable bonds is 3. The Hall–Kier alpha value is -1.41. The monoisotopic (exact) mass is 398 g/mol. The first kappa shape index (κ1) is 13.6. The number of aromatic nitrogens is 1. The molecule has 6 heteroatoms. The highest BCUT2D eigenvalue weighted by atomic mass is 127. The van der Waals surface area contributed by atoms with Gasteiger partial charge < -0.3 is 10.2 Å². The van der Waals surface area contributed by atoms with Crippen LogP contribution in [0, 0.1) is 3.57 Å². The molecule has 0 spiro atoms. The van der Waals surface area contributed by atoms with E-state index < -0.39 is 10.8 Å². The van der Waals surface area contributed by atoms with Crippen molar-refractivity contribution < 1.29 is 8.63 Å². The molecule has 0 radical (unpaired) electrons. The molecule has 2 aromatic carbocycles. The average Bonchev–Trinajstić information content (AvgIpc) is 2.84. The van der Waals surface area contributed by atoms with Gasteiger partial charge in [-0.1, -0.05) is 12.1 Å². The Kier molecular flexibility index (Phi) is 3.75. The highest BCUT2D eigenvalue weighted by molar-refractivity contribution is 14.1. The molecule has 1 atom stereocenters. The lowest BCUT2D eigenvalue weighted by molar-refractivity contribution is 0.477. The average molecular weight is 398 g/mol. The van der Waals surface area contributed by atoms with Crippen LogP contribution in [-0.2, 0) is 16.6 Å². The number of halogens is 1. The molecular formula is C14H11IN2O2S. The maximum Gasteiger partial charge on any atom is 0.288 e. The van der Waals surface area contributed by atoms with Gasteiger partial charge in [-0.05, 0) is 52.4 Å². The number of nitrogen functional groups attached to an aromatic ring is 1. The molecule has 1 heterocycles. The third-order valence-electron chi connectivity index (χ3n) is 2.80. The molecule has 0 saturated carbocycles. The van der Waals surface area contributed by atoms with Gasteiger partial charge in [-0.3, -0.25) is 0 Å². The molecule has 1 unspecified atom stereocenters. The maximum absolute atomic E-state index is 12.3. The van der Waals surface area contributed by atoms with E-state index in [4.69, 9.17) is 10.2 Å². The van der Waals surface area contributed by atoms with Crippen LogP contribution in [-0.4, -0.2) is 9.19 Å². The summed E-state index contributed by atoms with van der Waals surface area (Å²) >= 11 is 2.24. The number of benzene rings is 2. The van der Waals surface area contributed by atoms with E-state index in [9.17, 15) is 4.21 Å². The van der Waals surface area contributed by atoms with E-state index in [1.807, 2.05) is 24.3 Å². The van der Waals surface area contributed by atoms with Crippen LogP contribution in [0.5, 0.6) is 0 Å². The third kappa shape index (κ3) is 2.85. The molecule has 2 N–H and O–H groups in total. The third-order valence-corrected chi connectivity index (χ3v) is 4.68. The zero-order chi connectivity index (χ0) is 14.1. The molecular weight excluding hydrogens is 387 g/mol. The van der Waals surface area contributed by atoms with Crippen LogP contribution in [0.1, 0.15) is 5.56 Å². The smallest absolute Gasteiger partial charge is 0.288 e. The topological polar surface area (TPSA) is 69.1 Å². The van der Waals surface area contributed by atoms with Crippen molar-refractivity contribution in [3.05, 3.63) is 51.6 Å². The minimum absolute atomic E-state index is 0.240. The fraction of sp³-hybridized carbons (Fsp3) is 0.0714. The number of anilines is 1. The summed E-state index contributed by atoms with van der Waals surface area (Å²) in [6.07, 6.45) is 0. The van der Waals surface area contributed by atoms with Crippen molar-refractivity contribution in [2.45, 2.75) is 11.0 Å². The molecule has 0 amide bonds. The predicted octanol–water partition coefficient (Wildman–Crippen LogP) is 3.32. The number of nitrogens with two attached hydrogens (primary N) is 1. The van der Waals surface area contributed by atoms with Gasteiger partial charge in [0.2, 0.25) is 0 Å². The highest BCUT2D eigenvalue weighted by Crippen LogP contribution is 2.21. The largest absolute Gasteiger partial charge is 0.430 e. The van der Waals surface area contributed by atoms with Gasteiger partial charge in [0.25, 0.3) is 5.22 Å². The summed E-state index contributed by atoms with van der Waals surface area (Å²) < 4.78 is 18.9. The quantitative estimate of drug-likeness (QED) is 0.543. The molecule has 0 fully saturated rings. The second kappa shape index (κ2) is 5.53. The first-order chi connectivity index (χ1) is 9.61. The Balaban J connectivity index is 1.86. The number of oxazole rings is 1. The summed E-state index contributed by atoms with van der Waals surface area (Å²) in [4.78, 5) is 4.24. The van der Waals surface area contributed by atoms with E-state index in [1.165, 1.54) is 0 Å². The Morgan fingerprint density at radius 2 is 1.95 bits per heavy atom. The van der Waals surface area contributed by atoms with E-state index in [1.54, 1.807) is 18.2 Å². The zero-order valence-corrected chi connectivity index (χ0v) is 13.3. The number of nitrogens with zero attached hydrogens (tertiary/aromatic N) is 1. The van der Waals surface area contributed by atoms with Crippen molar-refractivity contribution in [1.29, 1.82) is 0 Å². The van der Waals surface area contributed by atoms with E-state index >= 15 is 0 Å². The summed E-state index contributed by atoms with van der Waals surface area (Å²) in [5.74, 6) is 0.388. The Morgan fingerprint density at radius 1 is 1.20 bits per heavy atom. The predicted molar refractivity (Wildman–Crippen MR) is 87.7 cm³/mol. The summed E-state index contributed by atoms with van der Waals surface area (Å²) in [6.45, 7) is 0. The van der Waals surface area contributed by atoms with E-state index in [-0.39, 0.29) is 5.22 Å². The normalized spacial score (nSPS) is 12.7. The lowest BCUT2D eigenvalue weighted by Crippen LogP contribution is -1.96. The molecule has 0 aliphatic rings. The van der Waals surface area contributed by atoms with Crippen LogP contribution < -0.4 is 5.73 Å². The second-order valence-corrected chi connectivity index (χ2v) is 6.90. The molecule has 102 valence electrons. The van der Waals surface area contributed by atoms with Gasteiger partial charge in [-0.2, -0.15) is 0 Å². The molecule has 3 aromatic rings. The number of fused-ring (bicyclic) bond motifs is 1. The first-order valence-corrected chi connectivity index (χ1v) is 8.30. The van der Waals surface area contributed by atoms with Gasteiger partial charge in [0, 0.05) is 15.3 Å². The van der Waals surface area contributed by atoms with Crippen molar-refractivity contribution in [3.8, 4) is 0 Å². The van der Waals surface area contributed by atoms with E-state index in [0.29, 0.717) is 22.5 Å². The minimum atomic E-state index is -1.30. The van der Waals surface area contributed by atoms with Gasteiger partial charge >= 0.3 is 0 Å². The van der Waals surface area contributed by atoms with Crippen molar-refractivity contribution in [2.75, 3.05) is 5.73 Å². The van der Waals surface area contributed by atoms with Crippen LogP contribution in [0.25, 0.3) is 11.1 Å². The molecule has 4 nitrogen and oxygen atoms in total. The molecule has 0 aliphatic heterocycles. The Bertz CT molecular complexity index is 783. The zero-order valence-electron chi connectivity index (χ0n) is 10.4. The van der Waals surface area contributed by atoms with Gasteiger partial charge in [0.15, 0.2) is 5.58 Å². The van der Waals surface area contributed by atoms with Gasteiger partial charge in [-0.15, -0.1) is 0 Å². The second-order valence-electron chi connectivity index (χ2n) is 4.32. The van der Waals surface area contributed by atoms with Gasteiger partial charge in [0.1, 0.15) is 16.3 Å². The SMILES string of the molecule is Nc1ccc2nc(S(=O)Cc3ccc(I)cc3)oc2c1. The van der Waals surface area contributed by atoms with Gasteiger partial charge in [-0.25, -0.2) is 9.19 Å². The van der Waals surface area contributed by atoms with Crippen LogP contribution in [0.3, 0.4) is 0 Å². The van der Waals surface area contributed by atoms with Crippen molar-refractivity contribution in [1.82, 2.24) is 4.98 Å². The molecule has 1 aromatic heterocycles. The van der Waals surface area contributed by atoms with E-state index in [2.05, 4.69) is 27.6 Å². The number of hydrogen-bond acceptors (Lipinski definition) is 4. The summed E-state index contributed by atoms with van der Waals surface area (Å²) in [5.41, 5.74) is 8.51. The molecule has 20 heavy (non-hydrogen) atoms. The molecule has 0 aliphatic carbocycles. The Morgan fingerprint density at radius 3 is 2.70 bits per heavy atom. The Labute approximate surface area is 132 Å². The maximum atomic E-state index is 12.3. The lowest BCUT2D eigenvalue weighted by Gasteiger charge is -1.98. The molecule has 0 saturated heterocycles. The van der Waals surface area contributed by atoms with Crippen LogP contribution >= 0.6 is 22.6 Å². The summed E-state index contributed by atoms with van der Waals surface area (Å²) in [6, 6.07) is 13.1. The van der Waals surface area contributed by atoms with Crippen molar-refractivity contribution >= 4 is 50.2 Å². The molecule has 3 rings (SSSR count). The summed E-state index contributed by atoms with van der Waals surface area (Å²) in [5, 5.41) is 0.240. The fourth-order valence-corrected chi connectivity index (χ4v) is 3.17. The van der Waals surface area contributed by atoms with E-state index in [0.717, 1.165) is 9.13 Å². The highest BCUT2D eigenvalue weighted by Gasteiger charge is 2.13. The first-order valence-electron chi connectivity index (χ1n) is 5.91. The molecule has 0 bridgehead atoms. The van der Waals surface area contributed by atoms with Crippen molar-refractivity contribution in [2.24, 2.45) is 0 Å². The van der Waals surface area contributed by atoms with Crippen LogP contribution in [0.4, 0.5) is 5.69 Å². The summed E-state index contributed by atoms with van der Waals surface area (Å²) in [7, 11) is -1.30. The van der Waals surface area contributed by atoms with Crippen LogP contribution in [0.2, 0.25) is 0 Å². The standard InChI is InChI=1S/C14H11IN2O2S/c15-10-3-1-9(2-4-10)8-20(18)14-17-12-6-5-11(16)7-13(12)19-14/h1-7H,8,16H2. The minimum Gasteiger partial charge on any atom is -0.430 e. The number of hydrogen-bond donors (Lipinski definition) is 1. The lowest BCUT2D eigenvalue weighted by atomic mass is 10.2. The van der Waals surface area contributed by atoms with Crippen molar-refractivity contribution in [3.63, 3.8) is 0 Å². The van der Waals surface area contributed by atoms with Gasteiger partial charge in [0.05, 0.1) is 5.75 Å². The fourth-order valence-electron chi connectivity index (χ4n) is 1.81. The van der Waals surface area contributed by atoms with Crippen LogP contribution in [0.15, 0.2) is 52.1 Å².